The largest absolute Gasteiger partial charge is 0.495 e. The van der Waals surface area contributed by atoms with Crippen molar-refractivity contribution in [3.8, 4) is 11.5 Å². The summed E-state index contributed by atoms with van der Waals surface area (Å²) in [5, 5.41) is 0.00417. The van der Waals surface area contributed by atoms with Crippen molar-refractivity contribution in [2.75, 3.05) is 14.2 Å². The Kier molecular flexibility index (Phi) is 5.83. The van der Waals surface area contributed by atoms with E-state index in [1.807, 2.05) is 24.3 Å². The molecule has 2 nitrogen and oxygen atoms in total. The zero-order valence-electron chi connectivity index (χ0n) is 11.3. The standard InChI is InChI=1S/C15H12Br2Cl2O2/c1-20-12-6-4-9(15(21-2)14(12)19)13(18)10-7-8(16)3-5-11(10)17/h3-7,13H,1-2H3. The monoisotopic (exact) mass is 452 g/mol. The second kappa shape index (κ2) is 7.23. The van der Waals surface area contributed by atoms with E-state index in [-0.39, 0.29) is 0 Å². The number of halogens is 4. The fraction of sp³-hybridized carbons (Fsp3) is 0.200. The van der Waals surface area contributed by atoms with E-state index in [0.717, 1.165) is 20.1 Å². The molecule has 0 aromatic heterocycles. The van der Waals surface area contributed by atoms with E-state index in [1.54, 1.807) is 20.3 Å². The highest BCUT2D eigenvalue weighted by Gasteiger charge is 2.22. The summed E-state index contributed by atoms with van der Waals surface area (Å²) in [6, 6.07) is 9.47. The van der Waals surface area contributed by atoms with Crippen molar-refractivity contribution in [2.24, 2.45) is 0 Å². The molecule has 1 unspecified atom stereocenters. The van der Waals surface area contributed by atoms with Crippen molar-refractivity contribution >= 4 is 55.1 Å². The molecule has 0 aliphatic carbocycles. The maximum Gasteiger partial charge on any atom is 0.146 e. The molecule has 0 aliphatic heterocycles. The molecule has 1 atom stereocenters. The van der Waals surface area contributed by atoms with E-state index in [0.29, 0.717) is 16.5 Å². The lowest BCUT2D eigenvalue weighted by Gasteiger charge is -2.18. The zero-order chi connectivity index (χ0) is 15.6. The van der Waals surface area contributed by atoms with Gasteiger partial charge in [-0.05, 0) is 35.9 Å². The zero-order valence-corrected chi connectivity index (χ0v) is 16.0. The van der Waals surface area contributed by atoms with Gasteiger partial charge in [0, 0.05) is 14.5 Å². The molecule has 0 bridgehead atoms. The predicted octanol–water partition coefficient (Wildman–Crippen LogP) is 6.21. The third kappa shape index (κ3) is 3.50. The SMILES string of the molecule is COc1ccc(C(Cl)c2cc(Br)ccc2Br)c(OC)c1Cl. The molecule has 0 spiro atoms. The molecule has 2 rings (SSSR count). The molecule has 0 N–H and O–H groups in total. The number of alkyl halides is 1. The second-order valence-corrected chi connectivity index (χ2v) is 6.82. The van der Waals surface area contributed by atoms with E-state index in [1.165, 1.54) is 0 Å². The van der Waals surface area contributed by atoms with Crippen LogP contribution in [0.4, 0.5) is 0 Å². The van der Waals surface area contributed by atoms with Gasteiger partial charge in [0.25, 0.3) is 0 Å². The molecule has 6 heteroatoms. The summed E-state index contributed by atoms with van der Waals surface area (Å²) in [5.41, 5.74) is 1.70. The Hall–Kier alpha value is -0.420. The first-order valence-electron chi connectivity index (χ1n) is 5.99. The topological polar surface area (TPSA) is 18.5 Å². The van der Waals surface area contributed by atoms with E-state index in [2.05, 4.69) is 31.9 Å². The number of benzene rings is 2. The fourth-order valence-corrected chi connectivity index (χ4v) is 3.66. The van der Waals surface area contributed by atoms with Gasteiger partial charge >= 0.3 is 0 Å². The Balaban J connectivity index is 2.55. The van der Waals surface area contributed by atoms with Crippen molar-refractivity contribution < 1.29 is 9.47 Å². The maximum atomic E-state index is 6.63. The van der Waals surface area contributed by atoms with Crippen LogP contribution in [0.5, 0.6) is 11.5 Å². The number of ether oxygens (including phenoxy) is 2. The average Bonchev–Trinajstić information content (AvgIpc) is 2.48. The minimum absolute atomic E-state index is 0.407. The van der Waals surface area contributed by atoms with Crippen LogP contribution in [-0.2, 0) is 0 Å². The summed E-state index contributed by atoms with van der Waals surface area (Å²) in [4.78, 5) is 0. The minimum Gasteiger partial charge on any atom is -0.495 e. The van der Waals surface area contributed by atoms with Crippen LogP contribution in [-0.4, -0.2) is 14.2 Å². The normalized spacial score (nSPS) is 12.1. The van der Waals surface area contributed by atoms with Gasteiger partial charge in [-0.15, -0.1) is 11.6 Å². The van der Waals surface area contributed by atoms with Crippen LogP contribution in [0, 0.1) is 0 Å². The van der Waals surface area contributed by atoms with Gasteiger partial charge in [-0.25, -0.2) is 0 Å². The van der Waals surface area contributed by atoms with Crippen molar-refractivity contribution in [1.29, 1.82) is 0 Å². The van der Waals surface area contributed by atoms with Crippen molar-refractivity contribution in [3.05, 3.63) is 55.4 Å². The van der Waals surface area contributed by atoms with Crippen LogP contribution in [0.25, 0.3) is 0 Å². The number of hydrogen-bond acceptors (Lipinski definition) is 2. The second-order valence-electron chi connectivity index (χ2n) is 4.23. The third-order valence-corrected chi connectivity index (χ3v) is 5.06. The van der Waals surface area contributed by atoms with Gasteiger partial charge in [-0.3, -0.25) is 0 Å². The summed E-state index contributed by atoms with van der Waals surface area (Å²) in [6.45, 7) is 0. The Bertz CT molecular complexity index is 662. The van der Waals surface area contributed by atoms with E-state index >= 15 is 0 Å². The summed E-state index contributed by atoms with van der Waals surface area (Å²) >= 11 is 19.9. The van der Waals surface area contributed by atoms with Gasteiger partial charge in [0.2, 0.25) is 0 Å². The van der Waals surface area contributed by atoms with Gasteiger partial charge in [0.15, 0.2) is 0 Å². The number of hydrogen-bond donors (Lipinski definition) is 0. The maximum absolute atomic E-state index is 6.63. The van der Waals surface area contributed by atoms with E-state index in [4.69, 9.17) is 32.7 Å². The van der Waals surface area contributed by atoms with Gasteiger partial charge < -0.3 is 9.47 Å². The molecular weight excluding hydrogens is 443 g/mol. The molecule has 21 heavy (non-hydrogen) atoms. The number of methoxy groups -OCH3 is 2. The first-order chi connectivity index (χ1) is 9.99. The summed E-state index contributed by atoms with van der Waals surface area (Å²) in [5.74, 6) is 1.07. The lowest BCUT2D eigenvalue weighted by atomic mass is 10.0. The van der Waals surface area contributed by atoms with Crippen molar-refractivity contribution in [3.63, 3.8) is 0 Å². The summed E-state index contributed by atoms with van der Waals surface area (Å²) in [7, 11) is 3.12. The molecule has 0 aliphatic rings. The molecule has 112 valence electrons. The third-order valence-electron chi connectivity index (χ3n) is 3.02. The molecule has 2 aromatic rings. The van der Waals surface area contributed by atoms with E-state index < -0.39 is 5.38 Å². The average molecular weight is 455 g/mol. The first kappa shape index (κ1) is 16.9. The molecule has 0 fully saturated rings. The van der Waals surface area contributed by atoms with Crippen molar-refractivity contribution in [2.45, 2.75) is 5.38 Å². The Morgan fingerprint density at radius 3 is 2.33 bits per heavy atom. The molecule has 2 aromatic carbocycles. The molecular formula is C15H12Br2Cl2O2. The molecule has 0 amide bonds. The Morgan fingerprint density at radius 2 is 1.71 bits per heavy atom. The van der Waals surface area contributed by atoms with Crippen LogP contribution in [0.15, 0.2) is 39.3 Å². The molecule has 0 saturated heterocycles. The highest BCUT2D eigenvalue weighted by molar-refractivity contribution is 9.11. The minimum atomic E-state index is -0.407. The van der Waals surface area contributed by atoms with E-state index in [9.17, 15) is 0 Å². The lowest BCUT2D eigenvalue weighted by Crippen LogP contribution is -2.00. The van der Waals surface area contributed by atoms with Gasteiger partial charge in [0.1, 0.15) is 16.5 Å². The quantitative estimate of drug-likeness (QED) is 0.511. The predicted molar refractivity (Wildman–Crippen MR) is 94.1 cm³/mol. The molecule has 0 saturated carbocycles. The smallest absolute Gasteiger partial charge is 0.146 e. The highest BCUT2D eigenvalue weighted by atomic mass is 79.9. The Morgan fingerprint density at radius 1 is 1.00 bits per heavy atom. The van der Waals surface area contributed by atoms with Crippen LogP contribution in [0.3, 0.4) is 0 Å². The van der Waals surface area contributed by atoms with Crippen LogP contribution in [0.2, 0.25) is 5.02 Å². The number of rotatable bonds is 4. The van der Waals surface area contributed by atoms with Crippen LogP contribution < -0.4 is 9.47 Å². The summed E-state index contributed by atoms with van der Waals surface area (Å²) < 4.78 is 12.5. The lowest BCUT2D eigenvalue weighted by molar-refractivity contribution is 0.392. The van der Waals surface area contributed by atoms with Gasteiger partial charge in [-0.1, -0.05) is 43.5 Å². The van der Waals surface area contributed by atoms with Crippen molar-refractivity contribution in [1.82, 2.24) is 0 Å². The molecule has 0 radical (unpaired) electrons. The van der Waals surface area contributed by atoms with Gasteiger partial charge in [0.05, 0.1) is 19.6 Å². The highest BCUT2D eigenvalue weighted by Crippen LogP contribution is 2.45. The van der Waals surface area contributed by atoms with Gasteiger partial charge in [-0.2, -0.15) is 0 Å². The summed E-state index contributed by atoms with van der Waals surface area (Å²) in [6.07, 6.45) is 0. The van der Waals surface area contributed by atoms with Crippen LogP contribution in [0.1, 0.15) is 16.5 Å². The van der Waals surface area contributed by atoms with Crippen LogP contribution >= 0.6 is 55.1 Å². The fourth-order valence-electron chi connectivity index (χ4n) is 1.99. The first-order valence-corrected chi connectivity index (χ1v) is 8.39. The molecule has 0 heterocycles. The Labute approximate surface area is 150 Å².